The molecule has 1 N–H and O–H groups in total. The number of benzene rings is 2. The van der Waals surface area contributed by atoms with Gasteiger partial charge in [0.05, 0.1) is 6.54 Å². The Balaban J connectivity index is 1.24. The molecule has 8 heteroatoms. The Bertz CT molecular complexity index is 1030. The van der Waals surface area contributed by atoms with Crippen molar-refractivity contribution in [2.24, 2.45) is 0 Å². The van der Waals surface area contributed by atoms with Gasteiger partial charge in [0.2, 0.25) is 5.89 Å². The van der Waals surface area contributed by atoms with Crippen molar-refractivity contribution in [1.82, 2.24) is 14.8 Å². The number of halogens is 1. The minimum Gasteiger partial charge on any atom is -0.447 e. The molecule has 1 aliphatic heterocycles. The van der Waals surface area contributed by atoms with E-state index >= 15 is 0 Å². The van der Waals surface area contributed by atoms with Crippen LogP contribution in [0.25, 0.3) is 0 Å². The van der Waals surface area contributed by atoms with E-state index in [1.54, 1.807) is 0 Å². The summed E-state index contributed by atoms with van der Waals surface area (Å²) in [6.45, 7) is 5.26. The van der Waals surface area contributed by atoms with Gasteiger partial charge < -0.3 is 14.6 Å². The van der Waals surface area contributed by atoms with E-state index in [1.165, 1.54) is 41.8 Å². The quantitative estimate of drug-likeness (QED) is 0.611. The molecule has 7 nitrogen and oxygen atoms in total. The van der Waals surface area contributed by atoms with Gasteiger partial charge in [-0.2, -0.15) is 0 Å². The van der Waals surface area contributed by atoms with Crippen molar-refractivity contribution in [2.75, 3.05) is 50.5 Å². The van der Waals surface area contributed by atoms with Crippen molar-refractivity contribution >= 4 is 17.3 Å². The Labute approximate surface area is 187 Å². The first kappa shape index (κ1) is 22.0. The van der Waals surface area contributed by atoms with Gasteiger partial charge in [-0.3, -0.25) is 14.6 Å². The summed E-state index contributed by atoms with van der Waals surface area (Å²) < 4.78 is 18.5. The standard InChI is InChI=1S/C24H28FN5O2/c1-28(2)21-9-3-18(4-10-21)15-29-11-13-30(14-12-29)16-23-27-22(17-32-23)24(31)26-20-7-5-19(25)6-8-20/h3-10,17H,11-16H2,1-2H3,(H,26,31). The first-order valence-electron chi connectivity index (χ1n) is 10.7. The van der Waals surface area contributed by atoms with E-state index in [9.17, 15) is 9.18 Å². The van der Waals surface area contributed by atoms with Gasteiger partial charge in [0, 0.05) is 58.2 Å². The summed E-state index contributed by atoms with van der Waals surface area (Å²) in [5.74, 6) is -0.215. The zero-order valence-electron chi connectivity index (χ0n) is 18.4. The normalized spacial score (nSPS) is 15.0. The molecule has 2 heterocycles. The van der Waals surface area contributed by atoms with Crippen molar-refractivity contribution < 1.29 is 13.6 Å². The molecule has 2 aromatic carbocycles. The fourth-order valence-corrected chi connectivity index (χ4v) is 3.67. The number of rotatable bonds is 7. The number of aromatic nitrogens is 1. The van der Waals surface area contributed by atoms with Crippen LogP contribution in [0.4, 0.5) is 15.8 Å². The maximum Gasteiger partial charge on any atom is 0.277 e. The number of carbonyl (C=O) groups excluding carboxylic acids is 1. The van der Waals surface area contributed by atoms with Crippen molar-refractivity contribution in [3.63, 3.8) is 0 Å². The molecule has 1 saturated heterocycles. The molecule has 1 aliphatic rings. The number of carbonyl (C=O) groups is 1. The predicted octanol–water partition coefficient (Wildman–Crippen LogP) is 3.45. The highest BCUT2D eigenvalue weighted by atomic mass is 19.1. The van der Waals surface area contributed by atoms with Crippen LogP contribution in [-0.2, 0) is 13.1 Å². The topological polar surface area (TPSA) is 64.8 Å². The number of oxazole rings is 1. The Morgan fingerprint density at radius 3 is 2.25 bits per heavy atom. The van der Waals surface area contributed by atoms with E-state index in [0.717, 1.165) is 32.7 Å². The zero-order valence-corrected chi connectivity index (χ0v) is 18.4. The van der Waals surface area contributed by atoms with Gasteiger partial charge in [-0.05, 0) is 42.0 Å². The van der Waals surface area contributed by atoms with Gasteiger partial charge in [0.15, 0.2) is 5.69 Å². The van der Waals surface area contributed by atoms with Crippen molar-refractivity contribution in [1.29, 1.82) is 0 Å². The molecular formula is C24H28FN5O2. The molecule has 4 rings (SSSR count). The van der Waals surface area contributed by atoms with E-state index in [4.69, 9.17) is 4.42 Å². The summed E-state index contributed by atoms with van der Waals surface area (Å²) in [5, 5.41) is 2.69. The molecular weight excluding hydrogens is 409 g/mol. The Hall–Kier alpha value is -3.23. The van der Waals surface area contributed by atoms with E-state index < -0.39 is 0 Å². The molecule has 32 heavy (non-hydrogen) atoms. The fourth-order valence-electron chi connectivity index (χ4n) is 3.67. The average molecular weight is 438 g/mol. The molecule has 168 valence electrons. The van der Waals surface area contributed by atoms with E-state index in [2.05, 4.69) is 49.3 Å². The summed E-state index contributed by atoms with van der Waals surface area (Å²) in [4.78, 5) is 23.5. The molecule has 3 aromatic rings. The van der Waals surface area contributed by atoms with Crippen LogP contribution in [0.1, 0.15) is 21.9 Å². The minimum absolute atomic E-state index is 0.212. The number of hydrogen-bond acceptors (Lipinski definition) is 6. The van der Waals surface area contributed by atoms with Gasteiger partial charge in [0.25, 0.3) is 5.91 Å². The highest BCUT2D eigenvalue weighted by Gasteiger charge is 2.20. The molecule has 1 aromatic heterocycles. The SMILES string of the molecule is CN(C)c1ccc(CN2CCN(Cc3nc(C(=O)Nc4ccc(F)cc4)co3)CC2)cc1. The number of amides is 1. The predicted molar refractivity (Wildman–Crippen MR) is 122 cm³/mol. The largest absolute Gasteiger partial charge is 0.447 e. The number of anilines is 2. The number of piperazine rings is 1. The highest BCUT2D eigenvalue weighted by Crippen LogP contribution is 2.16. The second kappa shape index (κ2) is 9.93. The van der Waals surface area contributed by atoms with Crippen LogP contribution in [0.2, 0.25) is 0 Å². The van der Waals surface area contributed by atoms with Crippen molar-refractivity contribution in [3.8, 4) is 0 Å². The molecule has 0 spiro atoms. The van der Waals surface area contributed by atoms with Crippen LogP contribution < -0.4 is 10.2 Å². The smallest absolute Gasteiger partial charge is 0.277 e. The molecule has 1 fully saturated rings. The lowest BCUT2D eigenvalue weighted by Crippen LogP contribution is -2.45. The summed E-state index contributed by atoms with van der Waals surface area (Å²) in [6, 6.07) is 14.3. The van der Waals surface area contributed by atoms with Crippen molar-refractivity contribution in [2.45, 2.75) is 13.1 Å². The number of hydrogen-bond donors (Lipinski definition) is 1. The lowest BCUT2D eigenvalue weighted by Gasteiger charge is -2.34. The third-order valence-corrected chi connectivity index (χ3v) is 5.57. The number of nitrogens with one attached hydrogen (secondary N) is 1. The lowest BCUT2D eigenvalue weighted by molar-refractivity contribution is 0.102. The number of nitrogens with zero attached hydrogens (tertiary/aromatic N) is 4. The molecule has 0 unspecified atom stereocenters. The van der Waals surface area contributed by atoms with Crippen LogP contribution in [0.15, 0.2) is 59.2 Å². The molecule has 0 saturated carbocycles. The van der Waals surface area contributed by atoms with Gasteiger partial charge in [0.1, 0.15) is 12.1 Å². The van der Waals surface area contributed by atoms with Crippen LogP contribution >= 0.6 is 0 Å². The minimum atomic E-state index is -0.378. The zero-order chi connectivity index (χ0) is 22.5. The second-order valence-electron chi connectivity index (χ2n) is 8.20. The first-order chi connectivity index (χ1) is 15.5. The van der Waals surface area contributed by atoms with Gasteiger partial charge in [-0.15, -0.1) is 0 Å². The van der Waals surface area contributed by atoms with Gasteiger partial charge in [-0.1, -0.05) is 12.1 Å². The van der Waals surface area contributed by atoms with Crippen LogP contribution in [-0.4, -0.2) is 61.0 Å². The monoisotopic (exact) mass is 437 g/mol. The molecule has 1 amide bonds. The summed E-state index contributed by atoms with van der Waals surface area (Å²) >= 11 is 0. The van der Waals surface area contributed by atoms with E-state index in [1.807, 2.05) is 14.1 Å². The van der Waals surface area contributed by atoms with Crippen LogP contribution in [0.3, 0.4) is 0 Å². The maximum absolute atomic E-state index is 13.0. The Kier molecular flexibility index (Phi) is 6.82. The lowest BCUT2D eigenvalue weighted by atomic mass is 10.1. The van der Waals surface area contributed by atoms with E-state index in [0.29, 0.717) is 18.1 Å². The Morgan fingerprint density at radius 2 is 1.62 bits per heavy atom. The summed E-state index contributed by atoms with van der Waals surface area (Å²) in [5.41, 5.74) is 3.24. The maximum atomic E-state index is 13.0. The van der Waals surface area contributed by atoms with E-state index in [-0.39, 0.29) is 17.4 Å². The van der Waals surface area contributed by atoms with Crippen LogP contribution in [0.5, 0.6) is 0 Å². The van der Waals surface area contributed by atoms with Gasteiger partial charge >= 0.3 is 0 Å². The first-order valence-corrected chi connectivity index (χ1v) is 10.7. The van der Waals surface area contributed by atoms with Crippen molar-refractivity contribution in [3.05, 3.63) is 77.8 Å². The van der Waals surface area contributed by atoms with Crippen LogP contribution in [0, 0.1) is 5.82 Å². The molecule has 0 bridgehead atoms. The Morgan fingerprint density at radius 1 is 1.00 bits per heavy atom. The second-order valence-corrected chi connectivity index (χ2v) is 8.20. The fraction of sp³-hybridized carbons (Fsp3) is 0.333. The molecule has 0 aliphatic carbocycles. The third kappa shape index (κ3) is 5.72. The molecule has 0 radical (unpaired) electrons. The summed E-state index contributed by atoms with van der Waals surface area (Å²) in [6.07, 6.45) is 1.36. The average Bonchev–Trinajstić information content (AvgIpc) is 3.26. The van der Waals surface area contributed by atoms with Gasteiger partial charge in [-0.25, -0.2) is 9.37 Å². The highest BCUT2D eigenvalue weighted by molar-refractivity contribution is 6.02. The summed E-state index contributed by atoms with van der Waals surface area (Å²) in [7, 11) is 4.09. The molecule has 0 atom stereocenters. The third-order valence-electron chi connectivity index (χ3n) is 5.57.